The first-order valence-electron chi connectivity index (χ1n) is 6.24. The van der Waals surface area contributed by atoms with Gasteiger partial charge in [-0.25, -0.2) is 4.79 Å². The number of benzene rings is 2. The molecule has 2 N–H and O–H groups in total. The molecular formula is C15H14Cl2N2O2. The maximum Gasteiger partial charge on any atom is 0.321 e. The number of aryl methyl sites for hydroxylation is 1. The van der Waals surface area contributed by atoms with Gasteiger partial charge in [0.15, 0.2) is 6.73 Å². The molecule has 2 amide bonds. The van der Waals surface area contributed by atoms with E-state index in [1.165, 1.54) is 0 Å². The first-order valence-corrected chi connectivity index (χ1v) is 6.99. The minimum absolute atomic E-state index is 0.000991. The number of hydrogen-bond acceptors (Lipinski definition) is 2. The Labute approximate surface area is 133 Å². The molecule has 0 atom stereocenters. The van der Waals surface area contributed by atoms with Gasteiger partial charge in [-0.15, -0.1) is 0 Å². The van der Waals surface area contributed by atoms with Crippen molar-refractivity contribution in [3.8, 4) is 5.75 Å². The highest BCUT2D eigenvalue weighted by molar-refractivity contribution is 6.35. The number of carbonyl (C=O) groups excluding carboxylic acids is 1. The average Bonchev–Trinajstić information content (AvgIpc) is 2.41. The standard InChI is InChI=1S/C15H14Cl2N2O2/c1-10-3-2-4-12(7-10)19-15(20)18-9-21-14-6-5-11(16)8-13(14)17/h2-8H,9H2,1H3,(H2,18,19,20). The van der Waals surface area contributed by atoms with Crippen LogP contribution in [0.15, 0.2) is 42.5 Å². The van der Waals surface area contributed by atoms with Crippen LogP contribution in [-0.2, 0) is 0 Å². The highest BCUT2D eigenvalue weighted by atomic mass is 35.5. The highest BCUT2D eigenvalue weighted by Crippen LogP contribution is 2.27. The van der Waals surface area contributed by atoms with Crippen LogP contribution in [0.4, 0.5) is 10.5 Å². The predicted octanol–water partition coefficient (Wildman–Crippen LogP) is 4.46. The average molecular weight is 325 g/mol. The molecule has 4 nitrogen and oxygen atoms in total. The second kappa shape index (κ2) is 7.20. The van der Waals surface area contributed by atoms with Crippen LogP contribution in [0.1, 0.15) is 5.56 Å². The van der Waals surface area contributed by atoms with Crippen molar-refractivity contribution >= 4 is 34.9 Å². The van der Waals surface area contributed by atoms with E-state index in [1.807, 2.05) is 31.2 Å². The zero-order valence-electron chi connectivity index (χ0n) is 11.3. The van der Waals surface area contributed by atoms with Crippen molar-refractivity contribution in [2.45, 2.75) is 6.92 Å². The smallest absolute Gasteiger partial charge is 0.321 e. The third kappa shape index (κ3) is 4.85. The molecule has 0 aliphatic rings. The van der Waals surface area contributed by atoms with Crippen LogP contribution in [-0.4, -0.2) is 12.8 Å². The summed E-state index contributed by atoms with van der Waals surface area (Å²) < 4.78 is 5.36. The Bertz CT molecular complexity index is 647. The number of urea groups is 1. The van der Waals surface area contributed by atoms with Crippen LogP contribution in [0, 0.1) is 6.92 Å². The SMILES string of the molecule is Cc1cccc(NC(=O)NCOc2ccc(Cl)cc2Cl)c1. The Morgan fingerprint density at radius 3 is 2.71 bits per heavy atom. The van der Waals surface area contributed by atoms with Crippen molar-refractivity contribution < 1.29 is 9.53 Å². The number of halogens is 2. The number of rotatable bonds is 4. The summed E-state index contributed by atoms with van der Waals surface area (Å²) in [5, 5.41) is 6.20. The lowest BCUT2D eigenvalue weighted by Crippen LogP contribution is -2.32. The molecule has 0 heterocycles. The quantitative estimate of drug-likeness (QED) is 0.816. The fourth-order valence-electron chi connectivity index (χ4n) is 1.67. The summed E-state index contributed by atoms with van der Waals surface area (Å²) in [6.45, 7) is 1.95. The van der Waals surface area contributed by atoms with Crippen LogP contribution in [0.5, 0.6) is 5.75 Å². The largest absolute Gasteiger partial charge is 0.472 e. The van der Waals surface area contributed by atoms with E-state index < -0.39 is 0 Å². The van der Waals surface area contributed by atoms with E-state index in [9.17, 15) is 4.79 Å². The van der Waals surface area contributed by atoms with E-state index in [0.717, 1.165) is 11.3 Å². The Balaban J connectivity index is 1.81. The second-order valence-electron chi connectivity index (χ2n) is 4.36. The molecule has 0 aliphatic heterocycles. The van der Waals surface area contributed by atoms with Gasteiger partial charge in [0.2, 0.25) is 0 Å². The van der Waals surface area contributed by atoms with Gasteiger partial charge >= 0.3 is 6.03 Å². The molecule has 21 heavy (non-hydrogen) atoms. The molecule has 6 heteroatoms. The van der Waals surface area contributed by atoms with Gasteiger partial charge in [-0.1, -0.05) is 35.3 Å². The molecule has 0 unspecified atom stereocenters. The molecule has 0 saturated carbocycles. The summed E-state index contributed by atoms with van der Waals surface area (Å²) in [5.74, 6) is 0.455. The zero-order valence-corrected chi connectivity index (χ0v) is 12.8. The Morgan fingerprint density at radius 1 is 1.19 bits per heavy atom. The normalized spacial score (nSPS) is 10.0. The van der Waals surface area contributed by atoms with Gasteiger partial charge in [-0.2, -0.15) is 0 Å². The van der Waals surface area contributed by atoms with Gasteiger partial charge in [0.05, 0.1) is 5.02 Å². The van der Waals surface area contributed by atoms with Crippen LogP contribution in [0.2, 0.25) is 10.0 Å². The van der Waals surface area contributed by atoms with Crippen molar-refractivity contribution in [1.82, 2.24) is 5.32 Å². The number of amides is 2. The maximum absolute atomic E-state index is 11.7. The van der Waals surface area contributed by atoms with Crippen LogP contribution in [0.3, 0.4) is 0 Å². The molecular weight excluding hydrogens is 311 g/mol. The fraction of sp³-hybridized carbons (Fsp3) is 0.133. The molecule has 0 fully saturated rings. The molecule has 0 aliphatic carbocycles. The fourth-order valence-corrected chi connectivity index (χ4v) is 2.13. The number of carbonyl (C=O) groups is 1. The van der Waals surface area contributed by atoms with E-state index >= 15 is 0 Å². The maximum atomic E-state index is 11.7. The van der Waals surface area contributed by atoms with Crippen molar-refractivity contribution in [3.05, 3.63) is 58.1 Å². The molecule has 110 valence electrons. The van der Waals surface area contributed by atoms with Gasteiger partial charge in [0.1, 0.15) is 5.75 Å². The lowest BCUT2D eigenvalue weighted by molar-refractivity contribution is 0.234. The molecule has 0 radical (unpaired) electrons. The minimum atomic E-state index is -0.356. The second-order valence-corrected chi connectivity index (χ2v) is 5.21. The van der Waals surface area contributed by atoms with Crippen molar-refractivity contribution in [1.29, 1.82) is 0 Å². The monoisotopic (exact) mass is 324 g/mol. The van der Waals surface area contributed by atoms with E-state index in [1.54, 1.807) is 18.2 Å². The molecule has 2 aromatic carbocycles. The molecule has 0 bridgehead atoms. The number of hydrogen-bond donors (Lipinski definition) is 2. The van der Waals surface area contributed by atoms with Crippen molar-refractivity contribution in [2.24, 2.45) is 0 Å². The third-order valence-corrected chi connectivity index (χ3v) is 3.16. The van der Waals surface area contributed by atoms with Crippen LogP contribution in [0.25, 0.3) is 0 Å². The van der Waals surface area contributed by atoms with E-state index in [4.69, 9.17) is 27.9 Å². The topological polar surface area (TPSA) is 50.4 Å². The molecule has 0 spiro atoms. The van der Waals surface area contributed by atoms with Gasteiger partial charge in [0.25, 0.3) is 0 Å². The number of ether oxygens (including phenoxy) is 1. The summed E-state index contributed by atoms with van der Waals surface area (Å²) >= 11 is 11.7. The lowest BCUT2D eigenvalue weighted by atomic mass is 10.2. The lowest BCUT2D eigenvalue weighted by Gasteiger charge is -2.10. The third-order valence-electron chi connectivity index (χ3n) is 2.63. The predicted molar refractivity (Wildman–Crippen MR) is 85.3 cm³/mol. The van der Waals surface area contributed by atoms with E-state index in [0.29, 0.717) is 15.8 Å². The first kappa shape index (κ1) is 15.5. The molecule has 0 saturated heterocycles. The molecule has 2 rings (SSSR count). The zero-order chi connectivity index (χ0) is 15.2. The minimum Gasteiger partial charge on any atom is -0.472 e. The summed E-state index contributed by atoms with van der Waals surface area (Å²) in [6, 6.07) is 12.0. The van der Waals surface area contributed by atoms with Crippen molar-refractivity contribution in [2.75, 3.05) is 12.0 Å². The summed E-state index contributed by atoms with van der Waals surface area (Å²) in [6.07, 6.45) is 0. The van der Waals surface area contributed by atoms with Gasteiger partial charge in [-0.05, 0) is 42.8 Å². The Morgan fingerprint density at radius 2 is 2.00 bits per heavy atom. The number of anilines is 1. The highest BCUT2D eigenvalue weighted by Gasteiger charge is 2.04. The van der Waals surface area contributed by atoms with Crippen LogP contribution >= 0.6 is 23.2 Å². The van der Waals surface area contributed by atoms with E-state index in [-0.39, 0.29) is 12.8 Å². The van der Waals surface area contributed by atoms with Gasteiger partial charge < -0.3 is 15.4 Å². The molecule has 0 aromatic heterocycles. The Kier molecular flexibility index (Phi) is 5.31. The van der Waals surface area contributed by atoms with Gasteiger partial charge in [0, 0.05) is 10.7 Å². The van der Waals surface area contributed by atoms with Gasteiger partial charge in [-0.3, -0.25) is 0 Å². The van der Waals surface area contributed by atoms with E-state index in [2.05, 4.69) is 10.6 Å². The summed E-state index contributed by atoms with van der Waals surface area (Å²) in [7, 11) is 0. The summed E-state index contributed by atoms with van der Waals surface area (Å²) in [4.78, 5) is 11.7. The number of nitrogens with one attached hydrogen (secondary N) is 2. The molecule has 2 aromatic rings. The Hall–Kier alpha value is -1.91. The van der Waals surface area contributed by atoms with Crippen LogP contribution < -0.4 is 15.4 Å². The summed E-state index contributed by atoms with van der Waals surface area (Å²) in [5.41, 5.74) is 1.79. The van der Waals surface area contributed by atoms with Crippen molar-refractivity contribution in [3.63, 3.8) is 0 Å². The first-order chi connectivity index (χ1) is 10.0.